The number of piperazine rings is 1. The molecule has 1 amide bonds. The molecule has 34 heavy (non-hydrogen) atoms. The third kappa shape index (κ3) is 4.48. The largest absolute Gasteiger partial charge is 0.350 e. The van der Waals surface area contributed by atoms with Gasteiger partial charge in [0.25, 0.3) is 0 Å². The third-order valence-corrected chi connectivity index (χ3v) is 6.85. The topological polar surface area (TPSA) is 46.3 Å². The van der Waals surface area contributed by atoms with Crippen LogP contribution in [0.25, 0.3) is 10.9 Å². The molecule has 1 fully saturated rings. The van der Waals surface area contributed by atoms with Gasteiger partial charge in [-0.15, -0.1) is 0 Å². The maximum Gasteiger partial charge on any atom is 0.236 e. The number of hydrogen-bond donors (Lipinski definition) is 0. The van der Waals surface area contributed by atoms with E-state index in [2.05, 4.69) is 52.8 Å². The van der Waals surface area contributed by atoms with E-state index >= 15 is 0 Å². The summed E-state index contributed by atoms with van der Waals surface area (Å²) in [5.74, 6) is -0.115. The Morgan fingerprint density at radius 2 is 1.97 bits per heavy atom. The van der Waals surface area contributed by atoms with Crippen LogP contribution in [0.4, 0.5) is 4.39 Å². The average Bonchev–Trinajstić information content (AvgIpc) is 3.35. The van der Waals surface area contributed by atoms with Gasteiger partial charge in [-0.1, -0.05) is 23.8 Å². The zero-order valence-corrected chi connectivity index (χ0v) is 19.9. The molecule has 7 heteroatoms. The van der Waals surface area contributed by atoms with Crippen molar-refractivity contribution in [3.8, 4) is 0 Å². The molecule has 5 rings (SSSR count). The standard InChI is InChI=1S/C27H30FN5O/c1-19-7-8-26-25(9-19)21(14-30(26)2)11-23-15-31(3)27(34)17-32(23)16-24-12-29-18-33(24)13-20-5-4-6-22(28)10-20/h4-10,12,14,18,23H,11,13,15-17H2,1-3H3. The zero-order chi connectivity index (χ0) is 23.8. The monoisotopic (exact) mass is 459 g/mol. The summed E-state index contributed by atoms with van der Waals surface area (Å²) >= 11 is 0. The number of hydrogen-bond acceptors (Lipinski definition) is 3. The molecular formula is C27H30FN5O. The predicted octanol–water partition coefficient (Wildman–Crippen LogP) is 3.76. The van der Waals surface area contributed by atoms with Crippen LogP contribution >= 0.6 is 0 Å². The van der Waals surface area contributed by atoms with Crippen molar-refractivity contribution in [1.82, 2.24) is 23.9 Å². The van der Waals surface area contributed by atoms with Crippen LogP contribution in [0.5, 0.6) is 0 Å². The number of rotatable bonds is 6. The molecule has 0 saturated carbocycles. The lowest BCUT2D eigenvalue weighted by molar-refractivity contribution is -0.137. The van der Waals surface area contributed by atoms with Crippen molar-refractivity contribution in [2.45, 2.75) is 32.5 Å². The lowest BCUT2D eigenvalue weighted by atomic mass is 10.0. The average molecular weight is 460 g/mol. The minimum absolute atomic E-state index is 0.126. The summed E-state index contributed by atoms with van der Waals surface area (Å²) in [5.41, 5.74) is 5.67. The van der Waals surface area contributed by atoms with Crippen LogP contribution < -0.4 is 0 Å². The molecule has 1 saturated heterocycles. The van der Waals surface area contributed by atoms with E-state index in [0.717, 1.165) is 17.7 Å². The Bertz CT molecular complexity index is 1340. The van der Waals surface area contributed by atoms with E-state index in [1.807, 2.05) is 28.8 Å². The van der Waals surface area contributed by atoms with E-state index in [1.165, 1.54) is 28.1 Å². The molecule has 1 unspecified atom stereocenters. The Morgan fingerprint density at radius 3 is 2.79 bits per heavy atom. The highest BCUT2D eigenvalue weighted by molar-refractivity contribution is 5.85. The van der Waals surface area contributed by atoms with Gasteiger partial charge in [-0.05, 0) is 48.7 Å². The predicted molar refractivity (Wildman–Crippen MR) is 131 cm³/mol. The van der Waals surface area contributed by atoms with E-state index < -0.39 is 0 Å². The van der Waals surface area contributed by atoms with E-state index in [1.54, 1.807) is 18.5 Å². The Hall–Kier alpha value is -3.45. The van der Waals surface area contributed by atoms with Gasteiger partial charge in [0.1, 0.15) is 5.82 Å². The molecule has 176 valence electrons. The number of aryl methyl sites for hydroxylation is 2. The number of fused-ring (bicyclic) bond motifs is 1. The van der Waals surface area contributed by atoms with E-state index in [9.17, 15) is 9.18 Å². The smallest absolute Gasteiger partial charge is 0.236 e. The normalized spacial score (nSPS) is 17.1. The highest BCUT2D eigenvalue weighted by Gasteiger charge is 2.31. The maximum absolute atomic E-state index is 13.7. The van der Waals surface area contributed by atoms with Gasteiger partial charge in [-0.2, -0.15) is 0 Å². The molecular weight excluding hydrogens is 429 g/mol. The number of halogens is 1. The van der Waals surface area contributed by atoms with Crippen molar-refractivity contribution >= 4 is 16.8 Å². The van der Waals surface area contributed by atoms with Crippen LogP contribution in [0.3, 0.4) is 0 Å². The summed E-state index contributed by atoms with van der Waals surface area (Å²) < 4.78 is 17.9. The van der Waals surface area contributed by atoms with Gasteiger partial charge >= 0.3 is 0 Å². The summed E-state index contributed by atoms with van der Waals surface area (Å²) in [6.07, 6.45) is 6.70. The second-order valence-corrected chi connectivity index (χ2v) is 9.47. The fraction of sp³-hybridized carbons (Fsp3) is 0.333. The van der Waals surface area contributed by atoms with Gasteiger partial charge in [0.15, 0.2) is 0 Å². The van der Waals surface area contributed by atoms with E-state index in [-0.39, 0.29) is 17.8 Å². The quantitative estimate of drug-likeness (QED) is 0.441. The number of benzene rings is 2. The number of amides is 1. The number of carbonyl (C=O) groups is 1. The molecule has 0 radical (unpaired) electrons. The lowest BCUT2D eigenvalue weighted by Gasteiger charge is -2.39. The van der Waals surface area contributed by atoms with Gasteiger partial charge in [0, 0.05) is 63.1 Å². The van der Waals surface area contributed by atoms with Crippen molar-refractivity contribution < 1.29 is 9.18 Å². The molecule has 0 N–H and O–H groups in total. The minimum Gasteiger partial charge on any atom is -0.350 e. The molecule has 0 bridgehead atoms. The highest BCUT2D eigenvalue weighted by atomic mass is 19.1. The lowest BCUT2D eigenvalue weighted by Crippen LogP contribution is -2.55. The zero-order valence-electron chi connectivity index (χ0n) is 19.9. The number of likely N-dealkylation sites (N-methyl/N-ethyl adjacent to an activating group) is 1. The van der Waals surface area contributed by atoms with Crippen LogP contribution in [0.1, 0.15) is 22.4 Å². The summed E-state index contributed by atoms with van der Waals surface area (Å²) in [6, 6.07) is 13.4. The van der Waals surface area contributed by atoms with Crippen molar-refractivity contribution in [1.29, 1.82) is 0 Å². The van der Waals surface area contributed by atoms with Gasteiger partial charge in [-0.3, -0.25) is 9.69 Å². The molecule has 1 aliphatic rings. The summed E-state index contributed by atoms with van der Waals surface area (Å²) in [5, 5.41) is 1.28. The van der Waals surface area contributed by atoms with E-state index in [4.69, 9.17) is 0 Å². The summed E-state index contributed by atoms with van der Waals surface area (Å²) in [6.45, 7) is 4.33. The van der Waals surface area contributed by atoms with Crippen molar-refractivity contribution in [2.24, 2.45) is 7.05 Å². The number of aromatic nitrogens is 3. The summed E-state index contributed by atoms with van der Waals surface area (Å²) in [7, 11) is 3.97. The summed E-state index contributed by atoms with van der Waals surface area (Å²) in [4.78, 5) is 21.1. The van der Waals surface area contributed by atoms with Crippen LogP contribution in [0.2, 0.25) is 0 Å². The van der Waals surface area contributed by atoms with Crippen molar-refractivity contribution in [2.75, 3.05) is 20.1 Å². The van der Waals surface area contributed by atoms with Gasteiger partial charge in [0.2, 0.25) is 5.91 Å². The highest BCUT2D eigenvalue weighted by Crippen LogP contribution is 2.26. The van der Waals surface area contributed by atoms with Crippen LogP contribution in [-0.4, -0.2) is 56.0 Å². The second kappa shape index (κ2) is 9.06. The first kappa shape index (κ1) is 22.3. The van der Waals surface area contributed by atoms with Crippen LogP contribution in [-0.2, 0) is 31.4 Å². The maximum atomic E-state index is 13.7. The molecule has 4 aromatic rings. The Balaban J connectivity index is 1.40. The van der Waals surface area contributed by atoms with Gasteiger partial charge in [-0.25, -0.2) is 9.37 Å². The van der Waals surface area contributed by atoms with Gasteiger partial charge < -0.3 is 14.0 Å². The van der Waals surface area contributed by atoms with Crippen LogP contribution in [0, 0.1) is 12.7 Å². The number of carbonyl (C=O) groups excluding carboxylic acids is 1. The molecule has 3 heterocycles. The molecule has 0 spiro atoms. The molecule has 6 nitrogen and oxygen atoms in total. The fourth-order valence-electron chi connectivity index (χ4n) is 5.00. The van der Waals surface area contributed by atoms with Gasteiger partial charge in [0.05, 0.1) is 18.6 Å². The first-order valence-corrected chi connectivity index (χ1v) is 11.6. The Labute approximate surface area is 199 Å². The third-order valence-electron chi connectivity index (χ3n) is 6.85. The molecule has 1 atom stereocenters. The molecule has 2 aromatic carbocycles. The Kier molecular flexibility index (Phi) is 5.96. The first-order chi connectivity index (χ1) is 16.4. The van der Waals surface area contributed by atoms with Crippen molar-refractivity contribution in [3.05, 3.63) is 89.4 Å². The fourth-order valence-corrected chi connectivity index (χ4v) is 5.00. The number of imidazole rings is 1. The first-order valence-electron chi connectivity index (χ1n) is 11.6. The number of nitrogens with zero attached hydrogens (tertiary/aromatic N) is 5. The van der Waals surface area contributed by atoms with Crippen molar-refractivity contribution in [3.63, 3.8) is 0 Å². The van der Waals surface area contributed by atoms with E-state index in [0.29, 0.717) is 26.2 Å². The molecule has 0 aliphatic carbocycles. The molecule has 2 aromatic heterocycles. The minimum atomic E-state index is -0.241. The second-order valence-electron chi connectivity index (χ2n) is 9.47. The molecule has 1 aliphatic heterocycles. The van der Waals surface area contributed by atoms with Crippen LogP contribution in [0.15, 0.2) is 61.2 Å². The SMILES string of the molecule is Cc1ccc2c(c1)c(CC1CN(C)C(=O)CN1Cc1cncn1Cc1cccc(F)c1)cn2C. The Morgan fingerprint density at radius 1 is 1.12 bits per heavy atom.